The molecule has 0 saturated heterocycles. The molecule has 3 aromatic rings. The molecule has 0 bridgehead atoms. The number of rotatable bonds is 3. The van der Waals surface area contributed by atoms with Gasteiger partial charge in [0.25, 0.3) is 0 Å². The van der Waals surface area contributed by atoms with E-state index < -0.39 is 0 Å². The summed E-state index contributed by atoms with van der Waals surface area (Å²) in [5.41, 5.74) is 13.8. The summed E-state index contributed by atoms with van der Waals surface area (Å²) in [5, 5.41) is 7.42. The van der Waals surface area contributed by atoms with E-state index in [1.165, 1.54) is 0 Å². The second-order valence-corrected chi connectivity index (χ2v) is 4.38. The van der Waals surface area contributed by atoms with Crippen LogP contribution in [0.1, 0.15) is 13.0 Å². The van der Waals surface area contributed by atoms with Crippen LogP contribution in [0.5, 0.6) is 0 Å². The van der Waals surface area contributed by atoms with Gasteiger partial charge in [-0.05, 0) is 29.4 Å². The van der Waals surface area contributed by atoms with Crippen LogP contribution in [-0.4, -0.2) is 26.4 Å². The van der Waals surface area contributed by atoms with E-state index in [1.54, 1.807) is 0 Å². The zero-order valence-corrected chi connectivity index (χ0v) is 10.4. The van der Waals surface area contributed by atoms with E-state index in [9.17, 15) is 0 Å². The highest BCUT2D eigenvalue weighted by atomic mass is 16.6. The first-order valence-corrected chi connectivity index (χ1v) is 5.97. The van der Waals surface area contributed by atoms with Crippen LogP contribution in [0.4, 0.5) is 5.82 Å². The Labute approximate surface area is 109 Å². The zero-order chi connectivity index (χ0) is 13.4. The molecule has 0 radical (unpaired) electrons. The number of nitrogens with zero attached hydrogens (tertiary/aromatic N) is 4. The van der Waals surface area contributed by atoms with Crippen molar-refractivity contribution in [2.45, 2.75) is 13.0 Å². The molecule has 0 aliphatic heterocycles. The van der Waals surface area contributed by atoms with Crippen LogP contribution < -0.4 is 11.5 Å². The third kappa shape index (κ3) is 1.75. The number of nitrogens with two attached hydrogens (primary N) is 2. The molecule has 7 nitrogen and oxygen atoms in total. The minimum Gasteiger partial charge on any atom is -0.379 e. The predicted octanol–water partition coefficient (Wildman–Crippen LogP) is 1.19. The summed E-state index contributed by atoms with van der Waals surface area (Å²) < 4.78 is 6.66. The fourth-order valence-corrected chi connectivity index (χ4v) is 2.11. The third-order valence-electron chi connectivity index (χ3n) is 3.10. The van der Waals surface area contributed by atoms with Gasteiger partial charge >= 0.3 is 0 Å². The maximum absolute atomic E-state index is 5.78. The summed E-state index contributed by atoms with van der Waals surface area (Å²) >= 11 is 0. The summed E-state index contributed by atoms with van der Waals surface area (Å²) in [5.74, 6) is 0.846. The maximum Gasteiger partial charge on any atom is 0.199 e. The quantitative estimate of drug-likeness (QED) is 0.730. The Morgan fingerprint density at radius 2 is 2.11 bits per heavy atom. The van der Waals surface area contributed by atoms with Gasteiger partial charge in [-0.25, -0.2) is 9.61 Å². The Balaban J connectivity index is 2.32. The van der Waals surface area contributed by atoms with Gasteiger partial charge in [-0.2, -0.15) is 0 Å². The molecule has 0 fully saturated rings. The van der Waals surface area contributed by atoms with Crippen LogP contribution in [0.2, 0.25) is 0 Å². The highest BCUT2D eigenvalue weighted by Gasteiger charge is 2.21. The topological polar surface area (TPSA) is 109 Å². The van der Waals surface area contributed by atoms with E-state index in [0.717, 1.165) is 11.0 Å². The molecule has 1 aromatic carbocycles. The molecule has 0 spiro atoms. The van der Waals surface area contributed by atoms with Gasteiger partial charge in [-0.3, -0.25) is 0 Å². The average Bonchev–Trinajstić information content (AvgIpc) is 3.00. The Bertz CT molecular complexity index is 716. The van der Waals surface area contributed by atoms with Crippen LogP contribution in [-0.2, 0) is 0 Å². The van der Waals surface area contributed by atoms with Gasteiger partial charge in [-0.1, -0.05) is 12.1 Å². The monoisotopic (exact) mass is 258 g/mol. The van der Waals surface area contributed by atoms with Crippen LogP contribution in [0.25, 0.3) is 22.6 Å². The van der Waals surface area contributed by atoms with Crippen LogP contribution >= 0.6 is 0 Å². The number of hydrogen-bond acceptors (Lipinski definition) is 6. The number of fused-ring (bicyclic) bond motifs is 1. The first-order chi connectivity index (χ1) is 9.22. The molecule has 1 atom stereocenters. The summed E-state index contributed by atoms with van der Waals surface area (Å²) in [6.07, 6.45) is 0. The number of anilines is 1. The van der Waals surface area contributed by atoms with Crippen molar-refractivity contribution in [3.05, 3.63) is 24.3 Å². The molecule has 0 aliphatic rings. The number of benzene rings is 1. The molecule has 2 heterocycles. The lowest BCUT2D eigenvalue weighted by atomic mass is 10.2. The fraction of sp³-hybridized carbons (Fsp3) is 0.250. The Hall–Kier alpha value is -2.41. The van der Waals surface area contributed by atoms with E-state index in [-0.39, 0.29) is 11.9 Å². The van der Waals surface area contributed by atoms with Crippen molar-refractivity contribution in [2.75, 3.05) is 12.3 Å². The van der Waals surface area contributed by atoms with Crippen molar-refractivity contribution < 1.29 is 4.63 Å². The third-order valence-corrected chi connectivity index (χ3v) is 3.10. The number of aromatic nitrogens is 4. The maximum atomic E-state index is 5.78. The SMILES string of the molecule is CC(CN)n1c(-c2nonc2N)nc2ccccc21. The van der Waals surface area contributed by atoms with Crippen LogP contribution in [0, 0.1) is 0 Å². The molecule has 2 aromatic heterocycles. The molecule has 4 N–H and O–H groups in total. The minimum absolute atomic E-state index is 0.0681. The highest BCUT2D eigenvalue weighted by Crippen LogP contribution is 2.29. The Morgan fingerprint density at radius 3 is 2.79 bits per heavy atom. The number of para-hydroxylation sites is 2. The van der Waals surface area contributed by atoms with Crippen LogP contribution in [0.3, 0.4) is 0 Å². The summed E-state index contributed by atoms with van der Waals surface area (Å²) in [4.78, 5) is 4.55. The summed E-state index contributed by atoms with van der Waals surface area (Å²) in [6.45, 7) is 2.50. The van der Waals surface area contributed by atoms with Gasteiger partial charge in [0.1, 0.15) is 0 Å². The van der Waals surface area contributed by atoms with E-state index in [2.05, 4.69) is 19.9 Å². The van der Waals surface area contributed by atoms with Gasteiger partial charge in [0.15, 0.2) is 17.3 Å². The lowest BCUT2D eigenvalue weighted by Crippen LogP contribution is -2.17. The van der Waals surface area contributed by atoms with Crippen molar-refractivity contribution in [2.24, 2.45) is 5.73 Å². The molecule has 19 heavy (non-hydrogen) atoms. The second-order valence-electron chi connectivity index (χ2n) is 4.38. The molecule has 0 saturated carbocycles. The van der Waals surface area contributed by atoms with Crippen molar-refractivity contribution in [3.8, 4) is 11.5 Å². The molecule has 3 rings (SSSR count). The fourth-order valence-electron chi connectivity index (χ4n) is 2.11. The van der Waals surface area contributed by atoms with Gasteiger partial charge in [0.2, 0.25) is 0 Å². The van der Waals surface area contributed by atoms with Crippen molar-refractivity contribution in [1.82, 2.24) is 19.9 Å². The lowest BCUT2D eigenvalue weighted by molar-refractivity contribution is 0.310. The molecular weight excluding hydrogens is 244 g/mol. The average molecular weight is 258 g/mol. The molecule has 7 heteroatoms. The predicted molar refractivity (Wildman–Crippen MR) is 71.2 cm³/mol. The smallest absolute Gasteiger partial charge is 0.199 e. The lowest BCUT2D eigenvalue weighted by Gasteiger charge is -2.14. The molecule has 1 unspecified atom stereocenters. The summed E-state index contributed by atoms with van der Waals surface area (Å²) in [7, 11) is 0. The van der Waals surface area contributed by atoms with E-state index in [4.69, 9.17) is 11.5 Å². The zero-order valence-electron chi connectivity index (χ0n) is 10.4. The van der Waals surface area contributed by atoms with Gasteiger partial charge in [0.05, 0.1) is 11.0 Å². The van der Waals surface area contributed by atoms with Gasteiger partial charge in [0, 0.05) is 12.6 Å². The molecule has 98 valence electrons. The van der Waals surface area contributed by atoms with E-state index >= 15 is 0 Å². The second kappa shape index (κ2) is 4.36. The van der Waals surface area contributed by atoms with E-state index in [1.807, 2.05) is 35.8 Å². The standard InChI is InChI=1S/C12H14N6O/c1-7(6-13)18-9-5-3-2-4-8(9)15-12(18)10-11(14)17-19-16-10/h2-5,7H,6,13H2,1H3,(H2,14,17). The highest BCUT2D eigenvalue weighted by molar-refractivity contribution is 5.81. The number of imidazole rings is 1. The number of nitrogen functional groups attached to an aromatic ring is 1. The largest absolute Gasteiger partial charge is 0.379 e. The summed E-state index contributed by atoms with van der Waals surface area (Å²) in [6, 6.07) is 7.88. The first kappa shape index (κ1) is 11.7. The number of hydrogen-bond donors (Lipinski definition) is 2. The van der Waals surface area contributed by atoms with Gasteiger partial charge < -0.3 is 16.0 Å². The van der Waals surface area contributed by atoms with Crippen molar-refractivity contribution >= 4 is 16.9 Å². The molecular formula is C12H14N6O. The van der Waals surface area contributed by atoms with E-state index in [0.29, 0.717) is 18.1 Å². The molecule has 0 amide bonds. The Morgan fingerprint density at radius 1 is 1.32 bits per heavy atom. The minimum atomic E-state index is 0.0681. The first-order valence-electron chi connectivity index (χ1n) is 5.97. The molecule has 0 aliphatic carbocycles. The van der Waals surface area contributed by atoms with Crippen LogP contribution in [0.15, 0.2) is 28.9 Å². The normalized spacial score (nSPS) is 12.9. The van der Waals surface area contributed by atoms with Crippen molar-refractivity contribution in [3.63, 3.8) is 0 Å². The van der Waals surface area contributed by atoms with Crippen molar-refractivity contribution in [1.29, 1.82) is 0 Å². The van der Waals surface area contributed by atoms with Gasteiger partial charge in [-0.15, -0.1) is 0 Å². The Kier molecular flexibility index (Phi) is 2.68.